The highest BCUT2D eigenvalue weighted by Crippen LogP contribution is 2.26. The fourth-order valence-corrected chi connectivity index (χ4v) is 3.20. The zero-order chi connectivity index (χ0) is 12.5. The lowest BCUT2D eigenvalue weighted by Crippen LogP contribution is -2.11. The van der Waals surface area contributed by atoms with Gasteiger partial charge in [0.1, 0.15) is 10.9 Å². The smallest absolute Gasteiger partial charge is 0.123 e. The molecule has 3 nitrogen and oxygen atoms in total. The van der Waals surface area contributed by atoms with E-state index in [1.54, 1.807) is 17.8 Å². The Kier molecular flexibility index (Phi) is 3.09. The summed E-state index contributed by atoms with van der Waals surface area (Å²) < 4.78 is 13.1. The highest BCUT2D eigenvalue weighted by atomic mass is 32.2. The van der Waals surface area contributed by atoms with Crippen LogP contribution in [0.2, 0.25) is 0 Å². The number of aliphatic imine (C=N–C) groups is 1. The minimum atomic E-state index is -0.213. The van der Waals surface area contributed by atoms with Gasteiger partial charge in [0.25, 0.3) is 0 Å². The fraction of sp³-hybridized carbons (Fsp3) is 0.308. The SMILES string of the molecule is NCC[C@@H]1CSC(c2cc3cc(F)ccc3[nH]2)=N1. The second-order valence-electron chi connectivity index (χ2n) is 4.39. The number of nitrogens with zero attached hydrogens (tertiary/aromatic N) is 1. The first-order valence-corrected chi connectivity index (χ1v) is 6.94. The molecule has 2 heterocycles. The van der Waals surface area contributed by atoms with Crippen molar-refractivity contribution in [2.45, 2.75) is 12.5 Å². The van der Waals surface area contributed by atoms with Crippen molar-refractivity contribution < 1.29 is 4.39 Å². The van der Waals surface area contributed by atoms with Crippen molar-refractivity contribution in [1.82, 2.24) is 4.98 Å². The molecule has 0 fully saturated rings. The quantitative estimate of drug-likeness (QED) is 0.894. The maximum atomic E-state index is 13.1. The lowest BCUT2D eigenvalue weighted by atomic mass is 10.2. The van der Waals surface area contributed by atoms with Crippen molar-refractivity contribution in [1.29, 1.82) is 0 Å². The number of nitrogens with two attached hydrogens (primary N) is 1. The molecule has 1 aliphatic heterocycles. The van der Waals surface area contributed by atoms with Gasteiger partial charge in [-0.2, -0.15) is 0 Å². The maximum absolute atomic E-state index is 13.1. The van der Waals surface area contributed by atoms with Crippen molar-refractivity contribution in [3.05, 3.63) is 35.8 Å². The van der Waals surface area contributed by atoms with Crippen molar-refractivity contribution >= 4 is 27.7 Å². The van der Waals surface area contributed by atoms with Crippen LogP contribution < -0.4 is 5.73 Å². The number of aromatic nitrogens is 1. The lowest BCUT2D eigenvalue weighted by molar-refractivity contribution is 0.630. The van der Waals surface area contributed by atoms with E-state index >= 15 is 0 Å². The summed E-state index contributed by atoms with van der Waals surface area (Å²) in [6.45, 7) is 0.667. The summed E-state index contributed by atoms with van der Waals surface area (Å²) in [7, 11) is 0. The standard InChI is InChI=1S/C13H14FN3S/c14-9-1-2-11-8(5-9)6-12(17-11)13-16-10(3-4-15)7-18-13/h1-2,5-6,10,17H,3-4,7,15H2/t10-/m1/s1. The number of rotatable bonds is 3. The zero-order valence-electron chi connectivity index (χ0n) is 9.82. The largest absolute Gasteiger partial charge is 0.353 e. The molecule has 0 saturated heterocycles. The summed E-state index contributed by atoms with van der Waals surface area (Å²) in [6.07, 6.45) is 0.922. The third-order valence-electron chi connectivity index (χ3n) is 3.03. The minimum absolute atomic E-state index is 0.213. The second-order valence-corrected chi connectivity index (χ2v) is 5.40. The highest BCUT2D eigenvalue weighted by molar-refractivity contribution is 8.14. The summed E-state index contributed by atoms with van der Waals surface area (Å²) in [6, 6.07) is 7.02. The predicted octanol–water partition coefficient (Wildman–Crippen LogP) is 2.52. The summed E-state index contributed by atoms with van der Waals surface area (Å²) in [5.41, 5.74) is 7.46. The fourth-order valence-electron chi connectivity index (χ4n) is 2.12. The molecule has 3 rings (SSSR count). The maximum Gasteiger partial charge on any atom is 0.123 e. The Morgan fingerprint density at radius 2 is 2.33 bits per heavy atom. The Morgan fingerprint density at radius 3 is 3.17 bits per heavy atom. The van der Waals surface area contributed by atoms with Crippen LogP contribution in [-0.2, 0) is 0 Å². The van der Waals surface area contributed by atoms with Crippen LogP contribution in [0.15, 0.2) is 29.3 Å². The second kappa shape index (κ2) is 4.74. The Hall–Kier alpha value is -1.33. The molecule has 0 radical (unpaired) electrons. The summed E-state index contributed by atoms with van der Waals surface area (Å²) in [5.74, 6) is 0.770. The van der Waals surface area contributed by atoms with E-state index in [1.807, 2.05) is 6.07 Å². The molecule has 1 aromatic heterocycles. The first-order valence-electron chi connectivity index (χ1n) is 5.95. The van der Waals surface area contributed by atoms with Crippen LogP contribution in [0.3, 0.4) is 0 Å². The Morgan fingerprint density at radius 1 is 1.44 bits per heavy atom. The van der Waals surface area contributed by atoms with Gasteiger partial charge in [-0.1, -0.05) is 0 Å². The van der Waals surface area contributed by atoms with Crippen LogP contribution in [0.5, 0.6) is 0 Å². The molecule has 0 spiro atoms. The summed E-state index contributed by atoms with van der Waals surface area (Å²) >= 11 is 1.73. The first-order chi connectivity index (χ1) is 8.76. The molecule has 18 heavy (non-hydrogen) atoms. The van der Waals surface area contributed by atoms with Gasteiger partial charge in [-0.05, 0) is 37.2 Å². The number of thioether (sulfide) groups is 1. The van der Waals surface area contributed by atoms with Crippen LogP contribution in [0, 0.1) is 5.82 Å². The lowest BCUT2D eigenvalue weighted by Gasteiger charge is -1.99. The van der Waals surface area contributed by atoms with Crippen molar-refractivity contribution in [2.24, 2.45) is 10.7 Å². The number of H-pyrrole nitrogens is 1. The molecular weight excluding hydrogens is 249 g/mol. The van der Waals surface area contributed by atoms with E-state index in [9.17, 15) is 4.39 Å². The van der Waals surface area contributed by atoms with E-state index in [4.69, 9.17) is 5.73 Å². The molecule has 1 atom stereocenters. The first kappa shape index (κ1) is 11.7. The van der Waals surface area contributed by atoms with Crippen molar-refractivity contribution in [3.8, 4) is 0 Å². The van der Waals surface area contributed by atoms with Crippen molar-refractivity contribution in [3.63, 3.8) is 0 Å². The monoisotopic (exact) mass is 263 g/mol. The van der Waals surface area contributed by atoms with E-state index < -0.39 is 0 Å². The molecule has 0 bridgehead atoms. The van der Waals surface area contributed by atoms with Gasteiger partial charge in [-0.15, -0.1) is 11.8 Å². The molecular formula is C13H14FN3S. The Bertz CT molecular complexity index is 605. The average molecular weight is 263 g/mol. The number of halogens is 1. The van der Waals surface area contributed by atoms with Gasteiger partial charge in [0.15, 0.2) is 0 Å². The van der Waals surface area contributed by atoms with Crippen LogP contribution >= 0.6 is 11.8 Å². The molecule has 5 heteroatoms. The topological polar surface area (TPSA) is 54.2 Å². The van der Waals surface area contributed by atoms with Crippen LogP contribution in [-0.4, -0.2) is 28.4 Å². The molecule has 2 aromatic rings. The van der Waals surface area contributed by atoms with Crippen LogP contribution in [0.1, 0.15) is 12.1 Å². The van der Waals surface area contributed by atoms with Crippen molar-refractivity contribution in [2.75, 3.05) is 12.3 Å². The van der Waals surface area contributed by atoms with Gasteiger partial charge >= 0.3 is 0 Å². The number of hydrogen-bond acceptors (Lipinski definition) is 3. The zero-order valence-corrected chi connectivity index (χ0v) is 10.6. The van der Waals surface area contributed by atoms with Gasteiger partial charge in [-0.3, -0.25) is 4.99 Å². The number of nitrogens with one attached hydrogen (secondary N) is 1. The number of hydrogen-bond donors (Lipinski definition) is 2. The van der Waals surface area contributed by atoms with Crippen LogP contribution in [0.4, 0.5) is 4.39 Å². The molecule has 94 valence electrons. The van der Waals surface area contributed by atoms with Gasteiger partial charge in [0.05, 0.1) is 11.7 Å². The van der Waals surface area contributed by atoms with E-state index in [-0.39, 0.29) is 5.82 Å². The minimum Gasteiger partial charge on any atom is -0.353 e. The molecule has 3 N–H and O–H groups in total. The number of benzene rings is 1. The van der Waals surface area contributed by atoms with Gasteiger partial charge < -0.3 is 10.7 Å². The normalized spacial score (nSPS) is 19.4. The summed E-state index contributed by atoms with van der Waals surface area (Å²) in [5, 5.41) is 1.89. The van der Waals surface area contributed by atoms with Gasteiger partial charge in [0.2, 0.25) is 0 Å². The van der Waals surface area contributed by atoms with E-state index in [2.05, 4.69) is 9.98 Å². The number of fused-ring (bicyclic) bond motifs is 1. The molecule has 0 aliphatic carbocycles. The summed E-state index contributed by atoms with van der Waals surface area (Å²) in [4.78, 5) is 7.92. The van der Waals surface area contributed by atoms with E-state index in [0.717, 1.165) is 33.8 Å². The Balaban J connectivity index is 1.93. The molecule has 0 amide bonds. The predicted molar refractivity (Wildman–Crippen MR) is 74.7 cm³/mol. The van der Waals surface area contributed by atoms with Crippen LogP contribution in [0.25, 0.3) is 10.9 Å². The van der Waals surface area contributed by atoms with E-state index in [1.165, 1.54) is 12.1 Å². The third-order valence-corrected chi connectivity index (χ3v) is 4.18. The third kappa shape index (κ3) is 2.15. The number of aromatic amines is 1. The van der Waals surface area contributed by atoms with Gasteiger partial charge in [0, 0.05) is 16.7 Å². The molecule has 1 aliphatic rings. The highest BCUT2D eigenvalue weighted by Gasteiger charge is 2.19. The molecule has 0 unspecified atom stereocenters. The molecule has 1 aromatic carbocycles. The molecule has 0 saturated carbocycles. The van der Waals surface area contributed by atoms with Gasteiger partial charge in [-0.25, -0.2) is 4.39 Å². The average Bonchev–Trinajstić information content (AvgIpc) is 2.94. The van der Waals surface area contributed by atoms with E-state index in [0.29, 0.717) is 12.6 Å². The Labute approximate surface area is 109 Å².